The lowest BCUT2D eigenvalue weighted by Gasteiger charge is -2.12. The van der Waals surface area contributed by atoms with Crippen LogP contribution in [0.1, 0.15) is 25.3 Å². The number of benzene rings is 2. The third-order valence-electron chi connectivity index (χ3n) is 3.68. The van der Waals surface area contributed by atoms with Crippen molar-refractivity contribution in [1.29, 1.82) is 0 Å². The Morgan fingerprint density at radius 3 is 2.41 bits per heavy atom. The van der Waals surface area contributed by atoms with Crippen LogP contribution in [0.5, 0.6) is 5.75 Å². The van der Waals surface area contributed by atoms with Gasteiger partial charge in [-0.3, -0.25) is 4.79 Å². The zero-order chi connectivity index (χ0) is 15.8. The van der Waals surface area contributed by atoms with Gasteiger partial charge in [-0.15, -0.1) is 0 Å². The van der Waals surface area contributed by atoms with Crippen LogP contribution in [0.3, 0.4) is 0 Å². The fraction of sp³-hybridized carbons (Fsp3) is 0.316. The third-order valence-corrected chi connectivity index (χ3v) is 3.68. The second kappa shape index (κ2) is 8.23. The largest absolute Gasteiger partial charge is 0.497 e. The van der Waals surface area contributed by atoms with Gasteiger partial charge in [0.25, 0.3) is 0 Å². The molecule has 1 atom stereocenters. The molecule has 0 bridgehead atoms. The van der Waals surface area contributed by atoms with Crippen LogP contribution in [0.4, 0.5) is 5.69 Å². The molecule has 2 aromatic carbocycles. The first-order valence-corrected chi connectivity index (χ1v) is 7.65. The fourth-order valence-electron chi connectivity index (χ4n) is 2.36. The number of rotatable bonds is 7. The first-order chi connectivity index (χ1) is 10.7. The number of aryl methyl sites for hydroxylation is 1. The van der Waals surface area contributed by atoms with Gasteiger partial charge in [0, 0.05) is 12.1 Å². The molecule has 0 aliphatic carbocycles. The second-order valence-electron chi connectivity index (χ2n) is 5.61. The van der Waals surface area contributed by atoms with Crippen molar-refractivity contribution in [3.05, 3.63) is 60.2 Å². The number of nitrogens with one attached hydrogen (secondary N) is 1. The smallest absolute Gasteiger partial charge is 0.224 e. The Kier molecular flexibility index (Phi) is 6.01. The molecule has 3 nitrogen and oxygen atoms in total. The Labute approximate surface area is 132 Å². The molecule has 0 spiro atoms. The predicted molar refractivity (Wildman–Crippen MR) is 90.2 cm³/mol. The molecule has 1 N–H and O–H groups in total. The van der Waals surface area contributed by atoms with E-state index < -0.39 is 0 Å². The Balaban J connectivity index is 1.75. The van der Waals surface area contributed by atoms with Crippen LogP contribution < -0.4 is 10.1 Å². The lowest BCUT2D eigenvalue weighted by molar-refractivity contribution is -0.117. The van der Waals surface area contributed by atoms with E-state index in [2.05, 4.69) is 36.5 Å². The third kappa shape index (κ3) is 5.24. The van der Waals surface area contributed by atoms with E-state index in [1.54, 1.807) is 7.11 Å². The lowest BCUT2D eigenvalue weighted by Crippen LogP contribution is -2.15. The molecule has 0 aromatic heterocycles. The van der Waals surface area contributed by atoms with Gasteiger partial charge in [-0.05, 0) is 48.6 Å². The predicted octanol–water partition coefficient (Wildman–Crippen LogP) is 4.29. The molecule has 22 heavy (non-hydrogen) atoms. The second-order valence-corrected chi connectivity index (χ2v) is 5.61. The summed E-state index contributed by atoms with van der Waals surface area (Å²) >= 11 is 0. The molecule has 2 aromatic rings. The highest BCUT2D eigenvalue weighted by Gasteiger charge is 2.09. The topological polar surface area (TPSA) is 38.3 Å². The molecule has 0 aliphatic rings. The highest BCUT2D eigenvalue weighted by atomic mass is 16.5. The van der Waals surface area contributed by atoms with E-state index >= 15 is 0 Å². The molecule has 2 rings (SSSR count). The Bertz CT molecular complexity index is 578. The van der Waals surface area contributed by atoms with Gasteiger partial charge in [0.05, 0.1) is 7.11 Å². The number of methoxy groups -OCH3 is 1. The van der Waals surface area contributed by atoms with Crippen LogP contribution in [0.2, 0.25) is 0 Å². The molecule has 1 amide bonds. The quantitative estimate of drug-likeness (QED) is 0.827. The van der Waals surface area contributed by atoms with E-state index in [9.17, 15) is 4.79 Å². The van der Waals surface area contributed by atoms with Crippen LogP contribution in [-0.4, -0.2) is 13.0 Å². The van der Waals surface area contributed by atoms with E-state index in [4.69, 9.17) is 4.74 Å². The maximum Gasteiger partial charge on any atom is 0.224 e. The Morgan fingerprint density at radius 1 is 1.09 bits per heavy atom. The molecule has 0 heterocycles. The van der Waals surface area contributed by atoms with E-state index in [0.29, 0.717) is 12.3 Å². The number of carbonyl (C=O) groups is 1. The zero-order valence-electron chi connectivity index (χ0n) is 13.2. The lowest BCUT2D eigenvalue weighted by atomic mass is 9.98. The molecule has 116 valence electrons. The van der Waals surface area contributed by atoms with Crippen LogP contribution in [0.15, 0.2) is 54.6 Å². The first-order valence-electron chi connectivity index (χ1n) is 7.65. The minimum Gasteiger partial charge on any atom is -0.497 e. The highest BCUT2D eigenvalue weighted by Crippen LogP contribution is 2.17. The molecule has 3 heteroatoms. The number of amides is 1. The van der Waals surface area contributed by atoms with Crippen molar-refractivity contribution < 1.29 is 9.53 Å². The molecule has 0 saturated heterocycles. The summed E-state index contributed by atoms with van der Waals surface area (Å²) in [7, 11) is 1.63. The molecular weight excluding hydrogens is 274 g/mol. The van der Waals surface area contributed by atoms with E-state index in [1.807, 2.05) is 30.3 Å². The molecule has 0 aliphatic heterocycles. The number of hydrogen-bond donors (Lipinski definition) is 1. The number of hydrogen-bond acceptors (Lipinski definition) is 2. The van der Waals surface area contributed by atoms with E-state index in [1.165, 1.54) is 5.56 Å². The maximum absolute atomic E-state index is 12.0. The SMILES string of the molecule is COc1ccc(NC(=O)CC(C)CCc2ccccc2)cc1. The van der Waals surface area contributed by atoms with Crippen LogP contribution >= 0.6 is 0 Å². The van der Waals surface area contributed by atoms with Crippen molar-refractivity contribution >= 4 is 11.6 Å². The van der Waals surface area contributed by atoms with Gasteiger partial charge in [0.15, 0.2) is 0 Å². The summed E-state index contributed by atoms with van der Waals surface area (Å²) in [6, 6.07) is 17.8. The minimum absolute atomic E-state index is 0.0609. The average Bonchev–Trinajstić information content (AvgIpc) is 2.54. The standard InChI is InChI=1S/C19H23NO2/c1-15(8-9-16-6-4-3-5-7-16)14-19(21)20-17-10-12-18(22-2)13-11-17/h3-7,10-13,15H,8-9,14H2,1-2H3,(H,20,21). The van der Waals surface area contributed by atoms with Crippen molar-refractivity contribution in [1.82, 2.24) is 0 Å². The first kappa shape index (κ1) is 16.1. The van der Waals surface area contributed by atoms with Gasteiger partial charge in [-0.2, -0.15) is 0 Å². The zero-order valence-corrected chi connectivity index (χ0v) is 13.2. The molecule has 1 unspecified atom stereocenters. The number of anilines is 1. The van der Waals surface area contributed by atoms with Gasteiger partial charge >= 0.3 is 0 Å². The molecule has 0 fully saturated rings. The average molecular weight is 297 g/mol. The molecular formula is C19H23NO2. The van der Waals surface area contributed by atoms with Gasteiger partial charge in [-0.25, -0.2) is 0 Å². The molecule has 0 saturated carbocycles. The minimum atomic E-state index is 0.0609. The van der Waals surface area contributed by atoms with Crippen molar-refractivity contribution in [2.24, 2.45) is 5.92 Å². The van der Waals surface area contributed by atoms with Crippen molar-refractivity contribution in [2.45, 2.75) is 26.2 Å². The van der Waals surface area contributed by atoms with Crippen LogP contribution in [-0.2, 0) is 11.2 Å². The summed E-state index contributed by atoms with van der Waals surface area (Å²) in [5.41, 5.74) is 2.13. The number of carbonyl (C=O) groups excluding carboxylic acids is 1. The summed E-state index contributed by atoms with van der Waals surface area (Å²) in [6.45, 7) is 2.12. The summed E-state index contributed by atoms with van der Waals surface area (Å²) in [5, 5.41) is 2.93. The normalized spacial score (nSPS) is 11.7. The van der Waals surface area contributed by atoms with Crippen molar-refractivity contribution in [3.63, 3.8) is 0 Å². The maximum atomic E-state index is 12.0. The Hall–Kier alpha value is -2.29. The Morgan fingerprint density at radius 2 is 1.77 bits per heavy atom. The van der Waals surface area contributed by atoms with Crippen LogP contribution in [0.25, 0.3) is 0 Å². The summed E-state index contributed by atoms with van der Waals surface area (Å²) in [4.78, 5) is 12.0. The summed E-state index contributed by atoms with van der Waals surface area (Å²) in [5.74, 6) is 1.21. The van der Waals surface area contributed by atoms with E-state index in [-0.39, 0.29) is 5.91 Å². The summed E-state index contributed by atoms with van der Waals surface area (Å²) < 4.78 is 5.10. The van der Waals surface area contributed by atoms with Gasteiger partial charge < -0.3 is 10.1 Å². The summed E-state index contributed by atoms with van der Waals surface area (Å²) in [6.07, 6.45) is 2.57. The van der Waals surface area contributed by atoms with Gasteiger partial charge in [-0.1, -0.05) is 37.3 Å². The highest BCUT2D eigenvalue weighted by molar-refractivity contribution is 5.90. The molecule has 0 radical (unpaired) electrons. The van der Waals surface area contributed by atoms with E-state index in [0.717, 1.165) is 24.3 Å². The van der Waals surface area contributed by atoms with Gasteiger partial charge in [0.1, 0.15) is 5.75 Å². The van der Waals surface area contributed by atoms with Crippen molar-refractivity contribution in [3.8, 4) is 5.75 Å². The number of ether oxygens (including phenoxy) is 1. The fourth-order valence-corrected chi connectivity index (χ4v) is 2.36. The van der Waals surface area contributed by atoms with Gasteiger partial charge in [0.2, 0.25) is 5.91 Å². The monoisotopic (exact) mass is 297 g/mol. The van der Waals surface area contributed by atoms with Crippen LogP contribution in [0, 0.1) is 5.92 Å². The van der Waals surface area contributed by atoms with Crippen molar-refractivity contribution in [2.75, 3.05) is 12.4 Å².